The van der Waals surface area contributed by atoms with Gasteiger partial charge in [0, 0.05) is 5.02 Å². The Morgan fingerprint density at radius 1 is 1.32 bits per heavy atom. The van der Waals surface area contributed by atoms with Crippen LogP contribution in [0.25, 0.3) is 0 Å². The van der Waals surface area contributed by atoms with Crippen molar-refractivity contribution < 1.29 is 14.7 Å². The number of carbonyl (C=O) groups excluding carboxylic acids is 1. The SMILES string of the molecule is O=C(O)[C@@H]1C[C@H]1C(=O)N[C@H]1CCc2cc(Cl)ccc21. The van der Waals surface area contributed by atoms with Crippen LogP contribution >= 0.6 is 11.6 Å². The normalized spacial score (nSPS) is 27.7. The lowest BCUT2D eigenvalue weighted by molar-refractivity contribution is -0.140. The molecule has 0 unspecified atom stereocenters. The van der Waals surface area contributed by atoms with Crippen molar-refractivity contribution in [2.24, 2.45) is 11.8 Å². The Labute approximate surface area is 115 Å². The number of hydrogen-bond acceptors (Lipinski definition) is 2. The minimum absolute atomic E-state index is 0.00480. The molecular weight excluding hydrogens is 266 g/mol. The van der Waals surface area contributed by atoms with E-state index in [1.54, 1.807) is 0 Å². The lowest BCUT2D eigenvalue weighted by Gasteiger charge is -2.14. The molecule has 100 valence electrons. The van der Waals surface area contributed by atoms with Gasteiger partial charge in [0.1, 0.15) is 0 Å². The van der Waals surface area contributed by atoms with Crippen molar-refractivity contribution in [3.05, 3.63) is 34.3 Å². The van der Waals surface area contributed by atoms with Crippen molar-refractivity contribution in [3.63, 3.8) is 0 Å². The molecule has 1 aromatic rings. The Hall–Kier alpha value is -1.55. The number of carbonyl (C=O) groups is 2. The minimum Gasteiger partial charge on any atom is -0.481 e. The van der Waals surface area contributed by atoms with Gasteiger partial charge in [-0.2, -0.15) is 0 Å². The van der Waals surface area contributed by atoms with Crippen LogP contribution in [0.3, 0.4) is 0 Å². The molecule has 2 aliphatic rings. The van der Waals surface area contributed by atoms with Crippen LogP contribution in [0, 0.1) is 11.8 Å². The van der Waals surface area contributed by atoms with Gasteiger partial charge in [0.25, 0.3) is 0 Å². The summed E-state index contributed by atoms with van der Waals surface area (Å²) in [7, 11) is 0. The van der Waals surface area contributed by atoms with E-state index < -0.39 is 11.9 Å². The summed E-state index contributed by atoms with van der Waals surface area (Å²) in [6.07, 6.45) is 2.21. The van der Waals surface area contributed by atoms with Crippen molar-refractivity contribution in [2.75, 3.05) is 0 Å². The Morgan fingerprint density at radius 3 is 2.79 bits per heavy atom. The first-order chi connectivity index (χ1) is 9.06. The van der Waals surface area contributed by atoms with E-state index in [0.717, 1.165) is 18.4 Å². The van der Waals surface area contributed by atoms with Gasteiger partial charge in [0.2, 0.25) is 5.91 Å². The van der Waals surface area contributed by atoms with Gasteiger partial charge in [-0.15, -0.1) is 0 Å². The molecule has 19 heavy (non-hydrogen) atoms. The number of hydrogen-bond donors (Lipinski definition) is 2. The predicted molar refractivity (Wildman–Crippen MR) is 69.9 cm³/mol. The molecule has 0 bridgehead atoms. The lowest BCUT2D eigenvalue weighted by Crippen LogP contribution is -2.29. The molecule has 1 aromatic carbocycles. The smallest absolute Gasteiger partial charge is 0.307 e. The van der Waals surface area contributed by atoms with Crippen LogP contribution in [-0.2, 0) is 16.0 Å². The number of amides is 1. The predicted octanol–water partition coefficient (Wildman–Crippen LogP) is 2.16. The second-order valence-electron chi connectivity index (χ2n) is 5.23. The zero-order valence-corrected chi connectivity index (χ0v) is 11.0. The van der Waals surface area contributed by atoms with Crippen LogP contribution in [0.15, 0.2) is 18.2 Å². The molecule has 2 aliphatic carbocycles. The summed E-state index contributed by atoms with van der Waals surface area (Å²) in [5.41, 5.74) is 2.27. The second kappa shape index (κ2) is 4.53. The van der Waals surface area contributed by atoms with Gasteiger partial charge in [-0.25, -0.2) is 0 Å². The Kier molecular flexibility index (Phi) is 2.97. The quantitative estimate of drug-likeness (QED) is 0.891. The maximum absolute atomic E-state index is 12.0. The fraction of sp³-hybridized carbons (Fsp3) is 0.429. The summed E-state index contributed by atoms with van der Waals surface area (Å²) in [4.78, 5) is 22.7. The van der Waals surface area contributed by atoms with Crippen molar-refractivity contribution in [1.29, 1.82) is 0 Å². The summed E-state index contributed by atoms with van der Waals surface area (Å²) >= 11 is 5.94. The van der Waals surface area contributed by atoms with E-state index in [1.165, 1.54) is 5.56 Å². The first kappa shape index (κ1) is 12.5. The Balaban J connectivity index is 1.67. The van der Waals surface area contributed by atoms with Crippen LogP contribution in [0.2, 0.25) is 5.02 Å². The summed E-state index contributed by atoms with van der Waals surface area (Å²) < 4.78 is 0. The third-order valence-electron chi connectivity index (χ3n) is 3.94. The van der Waals surface area contributed by atoms with E-state index >= 15 is 0 Å². The molecule has 0 spiro atoms. The van der Waals surface area contributed by atoms with Gasteiger partial charge in [-0.05, 0) is 42.5 Å². The molecule has 0 radical (unpaired) electrons. The zero-order valence-electron chi connectivity index (χ0n) is 10.2. The van der Waals surface area contributed by atoms with E-state index in [9.17, 15) is 9.59 Å². The van der Waals surface area contributed by atoms with Crippen LogP contribution in [0.1, 0.15) is 30.0 Å². The fourth-order valence-corrected chi connectivity index (χ4v) is 2.97. The molecule has 0 aliphatic heterocycles. The summed E-state index contributed by atoms with van der Waals surface area (Å²) in [5.74, 6) is -1.86. The highest BCUT2D eigenvalue weighted by molar-refractivity contribution is 6.30. The van der Waals surface area contributed by atoms with Gasteiger partial charge in [-0.3, -0.25) is 9.59 Å². The molecule has 0 aromatic heterocycles. The zero-order chi connectivity index (χ0) is 13.6. The number of rotatable bonds is 3. The third kappa shape index (κ3) is 2.32. The first-order valence-electron chi connectivity index (χ1n) is 6.38. The van der Waals surface area contributed by atoms with Gasteiger partial charge >= 0.3 is 5.97 Å². The molecule has 1 saturated carbocycles. The molecule has 4 nitrogen and oxygen atoms in total. The lowest BCUT2D eigenvalue weighted by atomic mass is 10.1. The van der Waals surface area contributed by atoms with Crippen molar-refractivity contribution >= 4 is 23.5 Å². The van der Waals surface area contributed by atoms with E-state index in [-0.39, 0.29) is 17.9 Å². The number of aryl methyl sites for hydroxylation is 1. The summed E-state index contributed by atoms with van der Waals surface area (Å²) in [6, 6.07) is 5.69. The maximum atomic E-state index is 12.0. The summed E-state index contributed by atoms with van der Waals surface area (Å²) in [6.45, 7) is 0. The Bertz CT molecular complexity index is 558. The van der Waals surface area contributed by atoms with Gasteiger partial charge < -0.3 is 10.4 Å². The van der Waals surface area contributed by atoms with E-state index in [2.05, 4.69) is 5.32 Å². The molecule has 0 heterocycles. The number of carboxylic acids is 1. The number of benzene rings is 1. The fourth-order valence-electron chi connectivity index (χ4n) is 2.77. The topological polar surface area (TPSA) is 66.4 Å². The van der Waals surface area contributed by atoms with Gasteiger partial charge in [0.15, 0.2) is 0 Å². The van der Waals surface area contributed by atoms with E-state index in [4.69, 9.17) is 16.7 Å². The van der Waals surface area contributed by atoms with E-state index in [0.29, 0.717) is 11.4 Å². The molecule has 2 N–H and O–H groups in total. The van der Waals surface area contributed by atoms with Crippen molar-refractivity contribution in [3.8, 4) is 0 Å². The molecule has 0 saturated heterocycles. The minimum atomic E-state index is -0.876. The largest absolute Gasteiger partial charge is 0.481 e. The highest BCUT2D eigenvalue weighted by Gasteiger charge is 2.48. The molecule has 3 atom stereocenters. The van der Waals surface area contributed by atoms with Crippen LogP contribution in [-0.4, -0.2) is 17.0 Å². The standard InChI is InChI=1S/C14H14ClNO3/c15-8-2-3-9-7(5-8)1-4-12(9)16-13(17)10-6-11(10)14(18)19/h2-3,5,10-12H,1,4,6H2,(H,16,17)(H,18,19)/t10-,11-,12+/m1/s1. The number of nitrogens with one attached hydrogen (secondary N) is 1. The maximum Gasteiger partial charge on any atom is 0.307 e. The number of halogens is 1. The number of carboxylic acid groups (broad SMARTS) is 1. The monoisotopic (exact) mass is 279 g/mol. The molecule has 1 amide bonds. The van der Waals surface area contributed by atoms with Crippen molar-refractivity contribution in [1.82, 2.24) is 5.32 Å². The molecule has 5 heteroatoms. The van der Waals surface area contributed by atoms with Crippen LogP contribution < -0.4 is 5.32 Å². The number of aliphatic carboxylic acids is 1. The average Bonchev–Trinajstić information content (AvgIpc) is 3.08. The highest BCUT2D eigenvalue weighted by Crippen LogP contribution is 2.40. The first-order valence-corrected chi connectivity index (χ1v) is 6.75. The van der Waals surface area contributed by atoms with Crippen molar-refractivity contribution in [2.45, 2.75) is 25.3 Å². The van der Waals surface area contributed by atoms with Gasteiger partial charge in [0.05, 0.1) is 17.9 Å². The number of fused-ring (bicyclic) bond motifs is 1. The molecule has 3 rings (SSSR count). The molecular formula is C14H14ClNO3. The summed E-state index contributed by atoms with van der Waals surface area (Å²) in [5, 5.41) is 12.5. The van der Waals surface area contributed by atoms with E-state index in [1.807, 2.05) is 18.2 Å². The molecule has 1 fully saturated rings. The average molecular weight is 280 g/mol. The highest BCUT2D eigenvalue weighted by atomic mass is 35.5. The van der Waals surface area contributed by atoms with Gasteiger partial charge in [-0.1, -0.05) is 17.7 Å². The third-order valence-corrected chi connectivity index (χ3v) is 4.18. The van der Waals surface area contributed by atoms with Crippen LogP contribution in [0.4, 0.5) is 0 Å². The Morgan fingerprint density at radius 2 is 2.11 bits per heavy atom. The second-order valence-corrected chi connectivity index (χ2v) is 5.67. The van der Waals surface area contributed by atoms with Crippen LogP contribution in [0.5, 0.6) is 0 Å².